The fourth-order valence-corrected chi connectivity index (χ4v) is 2.36. The van der Waals surface area contributed by atoms with Gasteiger partial charge in [-0.1, -0.05) is 27.2 Å². The molecule has 0 bridgehead atoms. The molecule has 1 aliphatic heterocycles. The summed E-state index contributed by atoms with van der Waals surface area (Å²) in [5.74, 6) is 1.09. The summed E-state index contributed by atoms with van der Waals surface area (Å²) in [6, 6.07) is 0. The molecule has 1 aromatic heterocycles. The second-order valence-corrected chi connectivity index (χ2v) is 5.41. The van der Waals surface area contributed by atoms with Gasteiger partial charge in [0.25, 0.3) is 5.56 Å². The molecule has 4 nitrogen and oxygen atoms in total. The lowest BCUT2D eigenvalue weighted by Crippen LogP contribution is -2.36. The molecule has 100 valence electrons. The van der Waals surface area contributed by atoms with Crippen molar-refractivity contribution in [2.45, 2.75) is 52.5 Å². The monoisotopic (exact) mass is 249 g/mol. The van der Waals surface area contributed by atoms with E-state index in [9.17, 15) is 4.79 Å². The largest absolute Gasteiger partial charge is 0.310 e. The van der Waals surface area contributed by atoms with Crippen LogP contribution in [0.3, 0.4) is 0 Å². The first-order valence-corrected chi connectivity index (χ1v) is 6.96. The maximum absolute atomic E-state index is 12.0. The fraction of sp³-hybridized carbons (Fsp3) is 0.714. The number of hydrogen-bond acceptors (Lipinski definition) is 3. The van der Waals surface area contributed by atoms with Crippen molar-refractivity contribution in [3.63, 3.8) is 0 Å². The third-order valence-electron chi connectivity index (χ3n) is 3.55. The topological polar surface area (TPSA) is 49.0 Å². The van der Waals surface area contributed by atoms with E-state index in [-0.39, 0.29) is 11.5 Å². The number of rotatable bonds is 4. The Bertz CT molecular complexity index is 465. The molecule has 2 rings (SSSR count). The molecule has 0 unspecified atom stereocenters. The summed E-state index contributed by atoms with van der Waals surface area (Å²) in [6.45, 7) is 9.25. The molecular weight excluding hydrogens is 226 g/mol. The van der Waals surface area contributed by atoms with Crippen LogP contribution < -0.4 is 5.56 Å². The second kappa shape index (κ2) is 5.65. The highest BCUT2D eigenvalue weighted by Crippen LogP contribution is 2.16. The number of aromatic amines is 1. The molecule has 1 aromatic rings. The van der Waals surface area contributed by atoms with Gasteiger partial charge in [0.05, 0.1) is 5.69 Å². The molecule has 4 heteroatoms. The molecule has 0 radical (unpaired) electrons. The van der Waals surface area contributed by atoms with Gasteiger partial charge in [-0.2, -0.15) is 0 Å². The maximum atomic E-state index is 12.0. The summed E-state index contributed by atoms with van der Waals surface area (Å²) in [4.78, 5) is 21.9. The standard InChI is InChI=1S/C14H23N3O/c1-4-5-7-17-8-6-11-12(9-17)15-13(10(2)3)16-14(11)18/h10H,4-9H2,1-3H3,(H,15,16,18). The van der Waals surface area contributed by atoms with Gasteiger partial charge >= 0.3 is 0 Å². The predicted molar refractivity (Wildman–Crippen MR) is 72.8 cm³/mol. The van der Waals surface area contributed by atoms with E-state index in [1.54, 1.807) is 0 Å². The first-order valence-electron chi connectivity index (χ1n) is 6.96. The molecule has 1 N–H and O–H groups in total. The molecule has 2 heterocycles. The minimum atomic E-state index is 0.0684. The third kappa shape index (κ3) is 2.80. The number of fused-ring (bicyclic) bond motifs is 1. The van der Waals surface area contributed by atoms with Crippen molar-refractivity contribution in [3.05, 3.63) is 27.4 Å². The van der Waals surface area contributed by atoms with Crippen LogP contribution in [0, 0.1) is 0 Å². The van der Waals surface area contributed by atoms with Gasteiger partial charge in [-0.15, -0.1) is 0 Å². The Morgan fingerprint density at radius 2 is 2.22 bits per heavy atom. The summed E-state index contributed by atoms with van der Waals surface area (Å²) in [5, 5.41) is 0. The summed E-state index contributed by atoms with van der Waals surface area (Å²) >= 11 is 0. The van der Waals surface area contributed by atoms with E-state index in [1.807, 2.05) is 0 Å². The van der Waals surface area contributed by atoms with Gasteiger partial charge in [-0.05, 0) is 19.4 Å². The van der Waals surface area contributed by atoms with Crippen molar-refractivity contribution in [1.82, 2.24) is 14.9 Å². The van der Waals surface area contributed by atoms with Crippen molar-refractivity contribution in [2.75, 3.05) is 13.1 Å². The van der Waals surface area contributed by atoms with E-state index >= 15 is 0 Å². The van der Waals surface area contributed by atoms with E-state index < -0.39 is 0 Å². The van der Waals surface area contributed by atoms with Gasteiger partial charge in [-0.25, -0.2) is 4.98 Å². The van der Waals surface area contributed by atoms with Crippen molar-refractivity contribution in [1.29, 1.82) is 0 Å². The van der Waals surface area contributed by atoms with Crippen LogP contribution in [0.15, 0.2) is 4.79 Å². The highest BCUT2D eigenvalue weighted by molar-refractivity contribution is 5.21. The SMILES string of the molecule is CCCCN1CCc2c(nc(C(C)C)[nH]c2=O)C1. The van der Waals surface area contributed by atoms with E-state index in [0.29, 0.717) is 0 Å². The average molecular weight is 249 g/mol. The Labute approximate surface area is 108 Å². The van der Waals surface area contributed by atoms with Gasteiger partial charge in [0.15, 0.2) is 0 Å². The molecule has 0 fully saturated rings. The van der Waals surface area contributed by atoms with Crippen LogP contribution in [0.25, 0.3) is 0 Å². The molecule has 0 saturated heterocycles. The molecule has 0 aromatic carbocycles. The Balaban J connectivity index is 2.22. The zero-order valence-electron chi connectivity index (χ0n) is 11.6. The van der Waals surface area contributed by atoms with Crippen molar-refractivity contribution in [2.24, 2.45) is 0 Å². The molecule has 0 saturated carbocycles. The van der Waals surface area contributed by atoms with Gasteiger partial charge in [0.1, 0.15) is 5.82 Å². The maximum Gasteiger partial charge on any atom is 0.254 e. The molecule has 0 spiro atoms. The third-order valence-corrected chi connectivity index (χ3v) is 3.55. The molecule has 1 aliphatic rings. The molecular formula is C14H23N3O. The van der Waals surface area contributed by atoms with Crippen LogP contribution in [0.2, 0.25) is 0 Å². The number of nitrogens with one attached hydrogen (secondary N) is 1. The highest BCUT2D eigenvalue weighted by Gasteiger charge is 2.20. The lowest BCUT2D eigenvalue weighted by Gasteiger charge is -2.27. The van der Waals surface area contributed by atoms with E-state index in [4.69, 9.17) is 0 Å². The van der Waals surface area contributed by atoms with Crippen molar-refractivity contribution >= 4 is 0 Å². The van der Waals surface area contributed by atoms with Crippen LogP contribution >= 0.6 is 0 Å². The van der Waals surface area contributed by atoms with Gasteiger partial charge in [0.2, 0.25) is 0 Å². The van der Waals surface area contributed by atoms with Gasteiger partial charge < -0.3 is 4.98 Å². The van der Waals surface area contributed by atoms with Gasteiger partial charge in [0, 0.05) is 24.6 Å². The molecule has 0 amide bonds. The number of hydrogen-bond donors (Lipinski definition) is 1. The van der Waals surface area contributed by atoms with Crippen LogP contribution in [0.1, 0.15) is 56.6 Å². The molecule has 0 atom stereocenters. The summed E-state index contributed by atoms with van der Waals surface area (Å²) in [7, 11) is 0. The Morgan fingerprint density at radius 3 is 2.89 bits per heavy atom. The number of unbranched alkanes of at least 4 members (excludes halogenated alkanes) is 1. The molecule has 18 heavy (non-hydrogen) atoms. The first kappa shape index (κ1) is 13.3. The normalized spacial score (nSPS) is 16.0. The summed E-state index contributed by atoms with van der Waals surface area (Å²) < 4.78 is 0. The average Bonchev–Trinajstić information content (AvgIpc) is 2.35. The van der Waals surface area contributed by atoms with Crippen molar-refractivity contribution in [3.8, 4) is 0 Å². The highest BCUT2D eigenvalue weighted by atomic mass is 16.1. The fourth-order valence-electron chi connectivity index (χ4n) is 2.36. The quantitative estimate of drug-likeness (QED) is 0.888. The summed E-state index contributed by atoms with van der Waals surface area (Å²) in [6.07, 6.45) is 3.26. The van der Waals surface area contributed by atoms with Crippen LogP contribution in [-0.2, 0) is 13.0 Å². The smallest absolute Gasteiger partial charge is 0.254 e. The lowest BCUT2D eigenvalue weighted by atomic mass is 10.1. The summed E-state index contributed by atoms with van der Waals surface area (Å²) in [5.41, 5.74) is 1.95. The zero-order valence-corrected chi connectivity index (χ0v) is 11.6. The van der Waals surface area contributed by atoms with Crippen LogP contribution in [0.4, 0.5) is 0 Å². The lowest BCUT2D eigenvalue weighted by molar-refractivity contribution is 0.244. The van der Waals surface area contributed by atoms with E-state index in [2.05, 4.69) is 35.6 Å². The number of nitrogens with zero attached hydrogens (tertiary/aromatic N) is 2. The second-order valence-electron chi connectivity index (χ2n) is 5.41. The zero-order chi connectivity index (χ0) is 13.1. The van der Waals surface area contributed by atoms with Crippen molar-refractivity contribution < 1.29 is 0 Å². The van der Waals surface area contributed by atoms with E-state index in [0.717, 1.165) is 43.1 Å². The number of aromatic nitrogens is 2. The Hall–Kier alpha value is -1.16. The van der Waals surface area contributed by atoms with Crippen LogP contribution in [-0.4, -0.2) is 28.0 Å². The Kier molecular flexibility index (Phi) is 4.17. The number of H-pyrrole nitrogens is 1. The van der Waals surface area contributed by atoms with E-state index in [1.165, 1.54) is 12.8 Å². The minimum absolute atomic E-state index is 0.0684. The minimum Gasteiger partial charge on any atom is -0.310 e. The first-order chi connectivity index (χ1) is 8.61. The van der Waals surface area contributed by atoms with Gasteiger partial charge in [-0.3, -0.25) is 9.69 Å². The van der Waals surface area contributed by atoms with Crippen LogP contribution in [0.5, 0.6) is 0 Å². The molecule has 0 aliphatic carbocycles. The predicted octanol–water partition coefficient (Wildman–Crippen LogP) is 2.05. The Morgan fingerprint density at radius 1 is 1.44 bits per heavy atom.